The fraction of sp³-hybridized carbons (Fsp3) is 0. The van der Waals surface area contributed by atoms with E-state index in [9.17, 15) is 9.59 Å². The van der Waals surface area contributed by atoms with Gasteiger partial charge in [-0.2, -0.15) is 0 Å². The fourth-order valence-corrected chi connectivity index (χ4v) is 2.74. The Morgan fingerprint density at radius 2 is 1.84 bits per heavy atom. The summed E-state index contributed by atoms with van der Waals surface area (Å²) in [6.45, 7) is 0. The number of amides is 1. The molecule has 0 unspecified atom stereocenters. The molecule has 0 aliphatic rings. The minimum atomic E-state index is -0.646. The maximum atomic E-state index is 12.0. The van der Waals surface area contributed by atoms with Gasteiger partial charge >= 0.3 is 5.97 Å². The predicted octanol–water partition coefficient (Wildman–Crippen LogP) is 4.78. The summed E-state index contributed by atoms with van der Waals surface area (Å²) < 4.78 is 4.95. The van der Waals surface area contributed by atoms with Crippen LogP contribution in [0, 0.1) is 0 Å². The maximum absolute atomic E-state index is 12.0. The van der Waals surface area contributed by atoms with Gasteiger partial charge < -0.3 is 15.0 Å². The lowest BCUT2D eigenvalue weighted by Gasteiger charge is -2.00. The standard InChI is InChI=1S/C18H12Cl2N2O3/c19-11-8-14(20)13-10-16(22-15(13)9-11)18(24)25-7-6-17(23)21-12-4-2-1-3-5-12/h1-10,22H,(H,21,23). The smallest absolute Gasteiger partial charge is 0.359 e. The van der Waals surface area contributed by atoms with Gasteiger partial charge in [0.25, 0.3) is 5.91 Å². The molecular weight excluding hydrogens is 363 g/mol. The number of benzene rings is 2. The van der Waals surface area contributed by atoms with E-state index in [2.05, 4.69) is 10.3 Å². The van der Waals surface area contributed by atoms with Crippen LogP contribution in [0.3, 0.4) is 0 Å². The van der Waals surface area contributed by atoms with E-state index in [-0.39, 0.29) is 5.69 Å². The highest BCUT2D eigenvalue weighted by atomic mass is 35.5. The summed E-state index contributed by atoms with van der Waals surface area (Å²) in [5, 5.41) is 4.17. The number of H-pyrrole nitrogens is 1. The van der Waals surface area contributed by atoms with Gasteiger partial charge in [0.15, 0.2) is 0 Å². The fourth-order valence-electron chi connectivity index (χ4n) is 2.20. The molecule has 1 amide bonds. The predicted molar refractivity (Wildman–Crippen MR) is 97.9 cm³/mol. The number of rotatable bonds is 4. The molecule has 126 valence electrons. The number of hydrogen-bond acceptors (Lipinski definition) is 3. The first kappa shape index (κ1) is 17.1. The van der Waals surface area contributed by atoms with Crippen molar-refractivity contribution in [3.8, 4) is 0 Å². The number of aromatic nitrogens is 1. The van der Waals surface area contributed by atoms with Crippen LogP contribution in [-0.2, 0) is 9.53 Å². The number of carbonyl (C=O) groups is 2. The van der Waals surface area contributed by atoms with E-state index in [0.717, 1.165) is 12.3 Å². The van der Waals surface area contributed by atoms with Crippen molar-refractivity contribution in [2.24, 2.45) is 0 Å². The average molecular weight is 375 g/mol. The van der Waals surface area contributed by atoms with E-state index < -0.39 is 11.9 Å². The number of ether oxygens (including phenoxy) is 1. The molecule has 0 aliphatic carbocycles. The molecule has 1 aromatic heterocycles. The van der Waals surface area contributed by atoms with Crippen molar-refractivity contribution in [2.45, 2.75) is 0 Å². The van der Waals surface area contributed by atoms with E-state index in [4.69, 9.17) is 27.9 Å². The van der Waals surface area contributed by atoms with E-state index in [1.165, 1.54) is 0 Å². The van der Waals surface area contributed by atoms with E-state index in [0.29, 0.717) is 26.6 Å². The van der Waals surface area contributed by atoms with Crippen LogP contribution in [-0.4, -0.2) is 16.9 Å². The summed E-state index contributed by atoms with van der Waals surface area (Å²) in [5.41, 5.74) is 1.47. The lowest BCUT2D eigenvalue weighted by Crippen LogP contribution is -2.08. The Labute approximate surface area is 153 Å². The number of fused-ring (bicyclic) bond motifs is 1. The topological polar surface area (TPSA) is 71.2 Å². The minimum Gasteiger partial charge on any atom is -0.430 e. The molecule has 2 aromatic carbocycles. The summed E-state index contributed by atoms with van der Waals surface area (Å²) >= 11 is 12.0. The van der Waals surface area contributed by atoms with E-state index >= 15 is 0 Å². The van der Waals surface area contributed by atoms with Gasteiger partial charge in [0.1, 0.15) is 12.0 Å². The molecule has 0 spiro atoms. The second-order valence-electron chi connectivity index (χ2n) is 5.10. The van der Waals surface area contributed by atoms with Crippen molar-refractivity contribution in [1.29, 1.82) is 0 Å². The van der Waals surface area contributed by atoms with Gasteiger partial charge in [-0.3, -0.25) is 4.79 Å². The summed E-state index contributed by atoms with van der Waals surface area (Å²) in [4.78, 5) is 26.6. The summed E-state index contributed by atoms with van der Waals surface area (Å²) in [6.07, 6.45) is 2.15. The molecule has 3 aromatic rings. The third-order valence-corrected chi connectivity index (χ3v) is 3.84. The number of halogens is 2. The highest BCUT2D eigenvalue weighted by Gasteiger charge is 2.12. The van der Waals surface area contributed by atoms with Gasteiger partial charge in [-0.15, -0.1) is 0 Å². The van der Waals surface area contributed by atoms with Crippen LogP contribution in [0.5, 0.6) is 0 Å². The second kappa shape index (κ2) is 7.42. The molecule has 0 bridgehead atoms. The monoisotopic (exact) mass is 374 g/mol. The number of nitrogens with one attached hydrogen (secondary N) is 2. The Morgan fingerprint density at radius 3 is 2.60 bits per heavy atom. The Bertz CT molecular complexity index is 965. The Kier molecular flexibility index (Phi) is 5.07. The van der Waals surface area contributed by atoms with Crippen LogP contribution in [0.25, 0.3) is 10.9 Å². The molecule has 0 radical (unpaired) electrons. The van der Waals surface area contributed by atoms with Crippen molar-refractivity contribution in [3.05, 3.63) is 76.6 Å². The third-order valence-electron chi connectivity index (χ3n) is 3.31. The van der Waals surface area contributed by atoms with E-state index in [1.54, 1.807) is 42.5 Å². The van der Waals surface area contributed by atoms with Crippen molar-refractivity contribution in [3.63, 3.8) is 0 Å². The number of hydrogen-bond donors (Lipinski definition) is 2. The molecule has 3 rings (SSSR count). The first-order valence-corrected chi connectivity index (χ1v) is 8.00. The van der Waals surface area contributed by atoms with Crippen LogP contribution in [0.1, 0.15) is 10.5 Å². The molecule has 0 aliphatic heterocycles. The normalized spacial score (nSPS) is 11.0. The zero-order chi connectivity index (χ0) is 17.8. The lowest BCUT2D eigenvalue weighted by atomic mass is 10.2. The largest absolute Gasteiger partial charge is 0.430 e. The SMILES string of the molecule is O=C(C=COC(=O)c1cc2c(Cl)cc(Cl)cc2[nH]1)Nc1ccccc1. The number of anilines is 1. The lowest BCUT2D eigenvalue weighted by molar-refractivity contribution is -0.112. The molecule has 0 fully saturated rings. The molecule has 5 nitrogen and oxygen atoms in total. The van der Waals surface area contributed by atoms with Crippen LogP contribution < -0.4 is 5.32 Å². The number of carbonyl (C=O) groups excluding carboxylic acids is 2. The number of esters is 1. The van der Waals surface area contributed by atoms with Crippen LogP contribution >= 0.6 is 23.2 Å². The average Bonchev–Trinajstić information content (AvgIpc) is 3.00. The Morgan fingerprint density at radius 1 is 1.08 bits per heavy atom. The summed E-state index contributed by atoms with van der Waals surface area (Å²) in [5.74, 6) is -1.06. The molecule has 0 atom stereocenters. The molecular formula is C18H12Cl2N2O3. The Hall–Kier alpha value is -2.76. The van der Waals surface area contributed by atoms with Crippen molar-refractivity contribution in [2.75, 3.05) is 5.32 Å². The quantitative estimate of drug-likeness (QED) is 0.392. The highest BCUT2D eigenvalue weighted by molar-refractivity contribution is 6.38. The minimum absolute atomic E-state index is 0.201. The molecule has 0 saturated carbocycles. The van der Waals surface area contributed by atoms with Gasteiger partial charge in [0, 0.05) is 27.7 Å². The maximum Gasteiger partial charge on any atom is 0.359 e. The van der Waals surface area contributed by atoms with Crippen LogP contribution in [0.2, 0.25) is 10.0 Å². The first-order valence-electron chi connectivity index (χ1n) is 7.24. The van der Waals surface area contributed by atoms with E-state index in [1.807, 2.05) is 6.07 Å². The van der Waals surface area contributed by atoms with Gasteiger partial charge in [0.05, 0.1) is 5.02 Å². The van der Waals surface area contributed by atoms with Gasteiger partial charge in [0.2, 0.25) is 0 Å². The molecule has 1 heterocycles. The summed E-state index contributed by atoms with van der Waals surface area (Å²) in [6, 6.07) is 13.7. The van der Waals surface area contributed by atoms with Crippen molar-refractivity contribution in [1.82, 2.24) is 4.98 Å². The van der Waals surface area contributed by atoms with Gasteiger partial charge in [-0.1, -0.05) is 41.4 Å². The molecule has 0 saturated heterocycles. The second-order valence-corrected chi connectivity index (χ2v) is 5.94. The summed E-state index contributed by atoms with van der Waals surface area (Å²) in [7, 11) is 0. The zero-order valence-corrected chi connectivity index (χ0v) is 14.3. The zero-order valence-electron chi connectivity index (χ0n) is 12.8. The number of para-hydroxylation sites is 1. The van der Waals surface area contributed by atoms with Crippen LogP contribution in [0.4, 0.5) is 5.69 Å². The Balaban J connectivity index is 1.64. The highest BCUT2D eigenvalue weighted by Crippen LogP contribution is 2.28. The molecule has 7 heteroatoms. The van der Waals surface area contributed by atoms with Gasteiger partial charge in [-0.05, 0) is 30.3 Å². The van der Waals surface area contributed by atoms with Crippen LogP contribution in [0.15, 0.2) is 60.9 Å². The van der Waals surface area contributed by atoms with Crippen molar-refractivity contribution < 1.29 is 14.3 Å². The molecule has 2 N–H and O–H groups in total. The van der Waals surface area contributed by atoms with Crippen molar-refractivity contribution >= 4 is 51.7 Å². The molecule has 25 heavy (non-hydrogen) atoms. The van der Waals surface area contributed by atoms with Gasteiger partial charge in [-0.25, -0.2) is 4.79 Å². The number of aromatic amines is 1. The first-order chi connectivity index (χ1) is 12.0. The third kappa shape index (κ3) is 4.21.